The van der Waals surface area contributed by atoms with E-state index < -0.39 is 0 Å². The number of nitrogens with two attached hydrogens (primary N) is 1. The van der Waals surface area contributed by atoms with Crippen LogP contribution in [-0.4, -0.2) is 32.5 Å². The van der Waals surface area contributed by atoms with Crippen LogP contribution in [0.3, 0.4) is 0 Å². The summed E-state index contributed by atoms with van der Waals surface area (Å²) in [5.41, 5.74) is 9.00. The molecule has 1 fully saturated rings. The van der Waals surface area contributed by atoms with Crippen molar-refractivity contribution in [3.05, 3.63) is 64.4 Å². The summed E-state index contributed by atoms with van der Waals surface area (Å²) in [6, 6.07) is 10.8. The molecule has 0 bridgehead atoms. The van der Waals surface area contributed by atoms with Crippen molar-refractivity contribution in [2.24, 2.45) is 5.73 Å². The molecule has 30 heavy (non-hydrogen) atoms. The zero-order valence-electron chi connectivity index (χ0n) is 16.4. The molecule has 8 nitrogen and oxygen atoms in total. The van der Waals surface area contributed by atoms with Crippen molar-refractivity contribution in [2.75, 3.05) is 17.2 Å². The van der Waals surface area contributed by atoms with E-state index in [1.807, 2.05) is 19.1 Å². The smallest absolute Gasteiger partial charge is 0.225 e. The first-order valence-electron chi connectivity index (χ1n) is 9.64. The maximum atomic E-state index is 12.3. The second-order valence-electron chi connectivity index (χ2n) is 7.25. The van der Waals surface area contributed by atoms with Crippen LogP contribution in [0.25, 0.3) is 5.70 Å². The Balaban J connectivity index is 1.38. The first-order valence-corrected chi connectivity index (χ1v) is 10.0. The highest BCUT2D eigenvalue weighted by atomic mass is 35.5. The average Bonchev–Trinajstić information content (AvgIpc) is 3.46. The molecule has 1 aliphatic rings. The molecule has 1 aromatic carbocycles. The summed E-state index contributed by atoms with van der Waals surface area (Å²) in [5, 5.41) is 14.1. The van der Waals surface area contributed by atoms with Crippen molar-refractivity contribution in [1.82, 2.24) is 20.2 Å². The van der Waals surface area contributed by atoms with Crippen LogP contribution in [0, 0.1) is 6.92 Å². The monoisotopic (exact) mass is 423 g/mol. The maximum Gasteiger partial charge on any atom is 0.225 e. The van der Waals surface area contributed by atoms with Gasteiger partial charge in [0.15, 0.2) is 11.6 Å². The van der Waals surface area contributed by atoms with Gasteiger partial charge in [0.05, 0.1) is 6.54 Å². The number of benzene rings is 1. The third-order valence-corrected chi connectivity index (χ3v) is 4.89. The minimum absolute atomic E-state index is 0.0193. The van der Waals surface area contributed by atoms with E-state index in [-0.39, 0.29) is 12.3 Å². The van der Waals surface area contributed by atoms with Crippen molar-refractivity contribution in [3.8, 4) is 0 Å². The van der Waals surface area contributed by atoms with Crippen molar-refractivity contribution < 1.29 is 4.79 Å². The SMILES string of the molecule is Cc1cc(Nc2cc(C3CC3)[nH]n2)nc(NCC(=O)C=C(N)c2ccc(Cl)cc2)n1. The lowest BCUT2D eigenvalue weighted by Gasteiger charge is -2.08. The number of aromatic amines is 1. The number of hydrogen-bond donors (Lipinski definition) is 4. The lowest BCUT2D eigenvalue weighted by Crippen LogP contribution is -2.15. The van der Waals surface area contributed by atoms with Gasteiger partial charge in [-0.1, -0.05) is 23.7 Å². The number of nitrogens with one attached hydrogen (secondary N) is 3. The van der Waals surface area contributed by atoms with E-state index in [2.05, 4.69) is 30.8 Å². The lowest BCUT2D eigenvalue weighted by atomic mass is 10.1. The summed E-state index contributed by atoms with van der Waals surface area (Å²) in [7, 11) is 0. The van der Waals surface area contributed by atoms with Gasteiger partial charge in [0, 0.05) is 46.2 Å². The van der Waals surface area contributed by atoms with E-state index in [0.29, 0.717) is 34.2 Å². The minimum Gasteiger partial charge on any atom is -0.398 e. The molecule has 1 saturated carbocycles. The number of nitrogens with zero attached hydrogens (tertiary/aromatic N) is 3. The van der Waals surface area contributed by atoms with Gasteiger partial charge >= 0.3 is 0 Å². The average molecular weight is 424 g/mol. The number of anilines is 3. The van der Waals surface area contributed by atoms with Crippen LogP contribution in [0.4, 0.5) is 17.6 Å². The fraction of sp³-hybridized carbons (Fsp3) is 0.238. The standard InChI is InChI=1S/C21H22ClN7O/c1-12-8-19(26-20-10-18(28-29-20)14-2-3-14)27-21(25-12)24-11-16(30)9-17(23)13-4-6-15(22)7-5-13/h4-10,14H,2-3,11,23H2,1H3,(H3,24,25,26,27,28,29). The van der Waals surface area contributed by atoms with Gasteiger partial charge in [-0.2, -0.15) is 10.1 Å². The summed E-state index contributed by atoms with van der Waals surface area (Å²) in [6.07, 6.45) is 3.79. The van der Waals surface area contributed by atoms with E-state index in [1.54, 1.807) is 24.3 Å². The quantitative estimate of drug-likeness (QED) is 0.407. The molecular weight excluding hydrogens is 402 g/mol. The first kappa shape index (κ1) is 19.9. The third kappa shape index (κ3) is 5.15. The summed E-state index contributed by atoms with van der Waals surface area (Å²) in [5.74, 6) is 2.06. The molecule has 154 valence electrons. The van der Waals surface area contributed by atoms with Gasteiger partial charge in [-0.05, 0) is 37.5 Å². The number of H-pyrrole nitrogens is 1. The molecule has 3 aromatic rings. The van der Waals surface area contributed by atoms with Crippen LogP contribution < -0.4 is 16.4 Å². The van der Waals surface area contributed by atoms with E-state index in [0.717, 1.165) is 17.0 Å². The number of aromatic nitrogens is 4. The molecule has 2 heterocycles. The molecule has 9 heteroatoms. The van der Waals surface area contributed by atoms with Gasteiger partial charge in [-0.25, -0.2) is 4.98 Å². The predicted octanol–water partition coefficient (Wildman–Crippen LogP) is 3.76. The second kappa shape index (κ2) is 8.54. The summed E-state index contributed by atoms with van der Waals surface area (Å²) in [6.45, 7) is 1.88. The Kier molecular flexibility index (Phi) is 5.67. The molecule has 0 unspecified atom stereocenters. The van der Waals surface area contributed by atoms with E-state index in [1.165, 1.54) is 18.9 Å². The predicted molar refractivity (Wildman–Crippen MR) is 118 cm³/mol. The third-order valence-electron chi connectivity index (χ3n) is 4.64. The Morgan fingerprint density at radius 1 is 1.23 bits per heavy atom. The molecule has 0 saturated heterocycles. The Labute approximate surface area is 179 Å². The number of carbonyl (C=O) groups excluding carboxylic acids is 1. The van der Waals surface area contributed by atoms with Gasteiger partial charge in [-0.3, -0.25) is 9.89 Å². The number of ketones is 1. The summed E-state index contributed by atoms with van der Waals surface area (Å²) >= 11 is 5.87. The fourth-order valence-electron chi connectivity index (χ4n) is 2.96. The van der Waals surface area contributed by atoms with Crippen LogP contribution in [-0.2, 0) is 4.79 Å². The topological polar surface area (TPSA) is 122 Å². The second-order valence-corrected chi connectivity index (χ2v) is 7.69. The van der Waals surface area contributed by atoms with E-state index in [4.69, 9.17) is 17.3 Å². The van der Waals surface area contributed by atoms with Crippen LogP contribution in [0.5, 0.6) is 0 Å². The molecule has 0 aliphatic heterocycles. The van der Waals surface area contributed by atoms with Crippen molar-refractivity contribution in [1.29, 1.82) is 0 Å². The molecular formula is C21H22ClN7O. The molecule has 0 amide bonds. The largest absolute Gasteiger partial charge is 0.398 e. The Hall–Kier alpha value is -3.39. The van der Waals surface area contributed by atoms with Gasteiger partial charge in [-0.15, -0.1) is 0 Å². The van der Waals surface area contributed by atoms with Crippen LogP contribution in [0.2, 0.25) is 5.02 Å². The zero-order valence-corrected chi connectivity index (χ0v) is 17.2. The Bertz CT molecular complexity index is 1090. The zero-order chi connectivity index (χ0) is 21.1. The number of aryl methyl sites for hydroxylation is 1. The molecule has 0 radical (unpaired) electrons. The van der Waals surface area contributed by atoms with Gasteiger partial charge in [0.1, 0.15) is 5.82 Å². The number of rotatable bonds is 8. The fourth-order valence-corrected chi connectivity index (χ4v) is 3.09. The van der Waals surface area contributed by atoms with E-state index >= 15 is 0 Å². The highest BCUT2D eigenvalue weighted by molar-refractivity contribution is 6.30. The van der Waals surface area contributed by atoms with Gasteiger partial charge in [0.2, 0.25) is 5.95 Å². The molecule has 1 aliphatic carbocycles. The van der Waals surface area contributed by atoms with E-state index in [9.17, 15) is 4.79 Å². The first-order chi connectivity index (χ1) is 14.5. The molecule has 2 aromatic heterocycles. The Morgan fingerprint density at radius 3 is 2.73 bits per heavy atom. The van der Waals surface area contributed by atoms with Crippen LogP contribution in [0.15, 0.2) is 42.5 Å². The van der Waals surface area contributed by atoms with Crippen LogP contribution in [0.1, 0.15) is 35.7 Å². The molecule has 0 spiro atoms. The minimum atomic E-state index is -0.191. The highest BCUT2D eigenvalue weighted by Crippen LogP contribution is 2.39. The number of hydrogen-bond acceptors (Lipinski definition) is 7. The van der Waals surface area contributed by atoms with Crippen LogP contribution >= 0.6 is 11.6 Å². The lowest BCUT2D eigenvalue weighted by molar-refractivity contribution is -0.113. The van der Waals surface area contributed by atoms with Gasteiger partial charge < -0.3 is 16.4 Å². The maximum absolute atomic E-state index is 12.3. The normalized spacial score (nSPS) is 13.9. The van der Waals surface area contributed by atoms with Crippen molar-refractivity contribution in [2.45, 2.75) is 25.7 Å². The molecule has 5 N–H and O–H groups in total. The molecule has 0 atom stereocenters. The van der Waals surface area contributed by atoms with Crippen molar-refractivity contribution >= 4 is 40.7 Å². The summed E-state index contributed by atoms with van der Waals surface area (Å²) in [4.78, 5) is 21.0. The highest BCUT2D eigenvalue weighted by Gasteiger charge is 2.25. The van der Waals surface area contributed by atoms with Crippen molar-refractivity contribution in [3.63, 3.8) is 0 Å². The number of carbonyl (C=O) groups is 1. The summed E-state index contributed by atoms with van der Waals surface area (Å²) < 4.78 is 0. The van der Waals surface area contributed by atoms with Gasteiger partial charge in [0.25, 0.3) is 0 Å². The number of halogens is 1. The Morgan fingerprint density at radius 2 is 2.00 bits per heavy atom. The molecule has 4 rings (SSSR count).